The zero-order valence-electron chi connectivity index (χ0n) is 19.3. The molecule has 3 aromatic carbocycles. The molecular formula is C29H28F3N. The third kappa shape index (κ3) is 4.01. The van der Waals surface area contributed by atoms with Gasteiger partial charge in [-0.1, -0.05) is 55.2 Å². The molecular weight excluding hydrogens is 419 g/mol. The third-order valence-electron chi connectivity index (χ3n) is 7.33. The number of aromatic nitrogens is 1. The van der Waals surface area contributed by atoms with Gasteiger partial charge in [-0.25, -0.2) is 0 Å². The number of fused-ring (bicyclic) bond motifs is 3. The van der Waals surface area contributed by atoms with Gasteiger partial charge in [0.25, 0.3) is 0 Å². The molecule has 1 heterocycles. The monoisotopic (exact) mass is 447 g/mol. The van der Waals surface area contributed by atoms with Crippen molar-refractivity contribution in [2.75, 3.05) is 0 Å². The van der Waals surface area contributed by atoms with E-state index in [2.05, 4.69) is 23.2 Å². The van der Waals surface area contributed by atoms with Crippen molar-refractivity contribution < 1.29 is 13.2 Å². The number of alkyl halides is 3. The fraction of sp³-hybridized carbons (Fsp3) is 0.345. The third-order valence-corrected chi connectivity index (χ3v) is 7.33. The maximum atomic E-state index is 14.2. The highest BCUT2D eigenvalue weighted by molar-refractivity contribution is 6.11. The summed E-state index contributed by atoms with van der Waals surface area (Å²) in [5, 5.41) is 3.17. The van der Waals surface area contributed by atoms with Crippen LogP contribution in [-0.4, -0.2) is 4.98 Å². The Morgan fingerprint density at radius 1 is 0.848 bits per heavy atom. The van der Waals surface area contributed by atoms with E-state index in [0.717, 1.165) is 64.2 Å². The minimum Gasteiger partial charge on any atom is -0.256 e. The summed E-state index contributed by atoms with van der Waals surface area (Å²) in [4.78, 5) is 4.61. The smallest absolute Gasteiger partial charge is 0.256 e. The molecule has 0 radical (unpaired) electrons. The van der Waals surface area contributed by atoms with Crippen LogP contribution in [0.3, 0.4) is 0 Å². The number of hydrogen-bond acceptors (Lipinski definition) is 1. The second-order valence-electron chi connectivity index (χ2n) is 9.69. The number of nitrogens with zero attached hydrogens (tertiary/aromatic N) is 1. The van der Waals surface area contributed by atoms with Crippen molar-refractivity contribution >= 4 is 21.5 Å². The lowest BCUT2D eigenvalue weighted by Gasteiger charge is -2.24. The lowest BCUT2D eigenvalue weighted by atomic mass is 9.82. The zero-order chi connectivity index (χ0) is 23.3. The van der Waals surface area contributed by atoms with Crippen LogP contribution in [0.4, 0.5) is 13.2 Å². The molecule has 33 heavy (non-hydrogen) atoms. The molecule has 170 valence electrons. The van der Waals surface area contributed by atoms with Gasteiger partial charge < -0.3 is 0 Å². The van der Waals surface area contributed by atoms with Gasteiger partial charge >= 0.3 is 6.18 Å². The number of pyridine rings is 1. The number of benzene rings is 3. The predicted octanol–water partition coefficient (Wildman–Crippen LogP) is 8.98. The molecule has 5 rings (SSSR count). The number of halogens is 3. The molecule has 0 amide bonds. The number of aryl methyl sites for hydroxylation is 2. The van der Waals surface area contributed by atoms with Crippen LogP contribution in [0.2, 0.25) is 0 Å². The Kier molecular flexibility index (Phi) is 5.43. The largest absolute Gasteiger partial charge is 0.416 e. The Hall–Kier alpha value is -2.88. The van der Waals surface area contributed by atoms with Crippen LogP contribution in [0.25, 0.3) is 32.8 Å². The summed E-state index contributed by atoms with van der Waals surface area (Å²) in [6.07, 6.45) is 1.57. The van der Waals surface area contributed by atoms with Gasteiger partial charge in [0.05, 0.1) is 11.3 Å². The molecule has 0 aliphatic heterocycles. The molecule has 1 atom stereocenters. The fourth-order valence-electron chi connectivity index (χ4n) is 5.73. The van der Waals surface area contributed by atoms with Crippen molar-refractivity contribution in [2.24, 2.45) is 5.92 Å². The van der Waals surface area contributed by atoms with E-state index in [0.29, 0.717) is 16.9 Å². The van der Waals surface area contributed by atoms with Gasteiger partial charge in [-0.05, 0) is 84.5 Å². The Bertz CT molecular complexity index is 1330. The molecule has 1 aromatic heterocycles. The first-order valence-corrected chi connectivity index (χ1v) is 11.7. The van der Waals surface area contributed by atoms with Crippen LogP contribution >= 0.6 is 0 Å². The molecule has 4 heteroatoms. The Balaban J connectivity index is 1.75. The van der Waals surface area contributed by atoms with E-state index in [9.17, 15) is 13.2 Å². The van der Waals surface area contributed by atoms with Crippen molar-refractivity contribution in [3.05, 3.63) is 77.0 Å². The summed E-state index contributed by atoms with van der Waals surface area (Å²) >= 11 is 0. The summed E-state index contributed by atoms with van der Waals surface area (Å²) in [6, 6.07) is 15.2. The molecule has 0 spiro atoms. The Labute approximate surface area is 192 Å². The second-order valence-corrected chi connectivity index (χ2v) is 9.69. The molecule has 0 bridgehead atoms. The summed E-state index contributed by atoms with van der Waals surface area (Å²) in [6.45, 7) is 6.05. The van der Waals surface area contributed by atoms with Gasteiger partial charge in [0.1, 0.15) is 0 Å². The highest BCUT2D eigenvalue weighted by atomic mass is 19.4. The lowest BCUT2D eigenvalue weighted by molar-refractivity contribution is -0.138. The standard InChI is InChI=1S/C29H28F3N/c1-17-12-18(2)14-22(13-17)28-24-9-8-21-15-25(19(3)20-6-4-5-7-20)27(29(30,31)32)16-26(21)23(24)10-11-33-28/h8-16,19-20H,4-7H2,1-3H3. The maximum Gasteiger partial charge on any atom is 0.416 e. The van der Waals surface area contributed by atoms with Crippen molar-refractivity contribution in [3.63, 3.8) is 0 Å². The number of hydrogen-bond donors (Lipinski definition) is 0. The van der Waals surface area contributed by atoms with Gasteiger partial charge in [-0.2, -0.15) is 13.2 Å². The van der Waals surface area contributed by atoms with Crippen LogP contribution in [0.15, 0.2) is 54.7 Å². The first kappa shape index (κ1) is 21.9. The SMILES string of the molecule is Cc1cc(C)cc(-c2nccc3c2ccc2cc(C(C)C4CCCC4)c(C(F)(F)F)cc23)c1. The van der Waals surface area contributed by atoms with Gasteiger partial charge in [-0.3, -0.25) is 4.98 Å². The highest BCUT2D eigenvalue weighted by Gasteiger charge is 2.37. The summed E-state index contributed by atoms with van der Waals surface area (Å²) < 4.78 is 42.7. The first-order valence-electron chi connectivity index (χ1n) is 11.7. The number of rotatable bonds is 3. The van der Waals surface area contributed by atoms with E-state index in [1.54, 1.807) is 12.3 Å². The zero-order valence-corrected chi connectivity index (χ0v) is 19.3. The Morgan fingerprint density at radius 3 is 2.21 bits per heavy atom. The predicted molar refractivity (Wildman–Crippen MR) is 130 cm³/mol. The molecule has 1 aliphatic rings. The van der Waals surface area contributed by atoms with Crippen molar-refractivity contribution in [3.8, 4) is 11.3 Å². The van der Waals surface area contributed by atoms with E-state index >= 15 is 0 Å². The van der Waals surface area contributed by atoms with Crippen molar-refractivity contribution in [1.82, 2.24) is 4.98 Å². The van der Waals surface area contributed by atoms with Crippen LogP contribution in [-0.2, 0) is 6.18 Å². The van der Waals surface area contributed by atoms with Gasteiger partial charge in [0.15, 0.2) is 0 Å². The van der Waals surface area contributed by atoms with Crippen LogP contribution in [0, 0.1) is 19.8 Å². The van der Waals surface area contributed by atoms with Gasteiger partial charge in [0, 0.05) is 17.1 Å². The minimum absolute atomic E-state index is 0.104. The minimum atomic E-state index is -4.39. The summed E-state index contributed by atoms with van der Waals surface area (Å²) in [5.41, 5.74) is 4.00. The van der Waals surface area contributed by atoms with E-state index in [1.807, 2.05) is 39.0 Å². The highest BCUT2D eigenvalue weighted by Crippen LogP contribution is 2.45. The lowest BCUT2D eigenvalue weighted by Crippen LogP contribution is -2.15. The topological polar surface area (TPSA) is 12.9 Å². The van der Waals surface area contributed by atoms with Crippen molar-refractivity contribution in [1.29, 1.82) is 0 Å². The average molecular weight is 448 g/mol. The molecule has 1 aliphatic carbocycles. The normalized spacial score (nSPS) is 16.1. The van der Waals surface area contributed by atoms with Crippen LogP contribution in [0.1, 0.15) is 60.8 Å². The fourth-order valence-corrected chi connectivity index (χ4v) is 5.73. The quantitative estimate of drug-likeness (QED) is 0.286. The summed E-state index contributed by atoms with van der Waals surface area (Å²) in [5.74, 6) is 0.219. The average Bonchev–Trinajstić information content (AvgIpc) is 3.31. The summed E-state index contributed by atoms with van der Waals surface area (Å²) in [7, 11) is 0. The molecule has 0 saturated heterocycles. The van der Waals surface area contributed by atoms with E-state index in [4.69, 9.17) is 0 Å². The molecule has 1 saturated carbocycles. The van der Waals surface area contributed by atoms with Crippen LogP contribution in [0.5, 0.6) is 0 Å². The molecule has 0 N–H and O–H groups in total. The molecule has 1 nitrogen and oxygen atoms in total. The maximum absolute atomic E-state index is 14.2. The van der Waals surface area contributed by atoms with Gasteiger partial charge in [-0.15, -0.1) is 0 Å². The van der Waals surface area contributed by atoms with Gasteiger partial charge in [0.2, 0.25) is 0 Å². The molecule has 1 unspecified atom stereocenters. The molecule has 4 aromatic rings. The molecule has 1 fully saturated rings. The van der Waals surface area contributed by atoms with E-state index in [1.165, 1.54) is 6.07 Å². The second kappa shape index (κ2) is 8.16. The van der Waals surface area contributed by atoms with E-state index < -0.39 is 11.7 Å². The first-order chi connectivity index (χ1) is 15.7. The van der Waals surface area contributed by atoms with Crippen LogP contribution < -0.4 is 0 Å². The van der Waals surface area contributed by atoms with E-state index in [-0.39, 0.29) is 5.92 Å². The van der Waals surface area contributed by atoms with Crippen molar-refractivity contribution in [2.45, 2.75) is 58.5 Å². The Morgan fingerprint density at radius 2 is 1.55 bits per heavy atom.